The fraction of sp³-hybridized carbons (Fsp3) is 0.263. The number of aromatic hydroxyl groups is 1. The lowest BCUT2D eigenvalue weighted by Gasteiger charge is -2.13. The zero-order valence-corrected chi connectivity index (χ0v) is 16.1. The van der Waals surface area contributed by atoms with Crippen molar-refractivity contribution >= 4 is 17.9 Å². The number of unbranched alkanes of at least 4 members (excludes halogenated alkanes) is 1. The van der Waals surface area contributed by atoms with Crippen LogP contribution in [0.3, 0.4) is 0 Å². The second kappa shape index (κ2) is 8.79. The number of hydrogen-bond donors (Lipinski definition) is 2. The Morgan fingerprint density at radius 1 is 1.34 bits per heavy atom. The van der Waals surface area contributed by atoms with E-state index in [1.54, 1.807) is 6.92 Å². The van der Waals surface area contributed by atoms with Crippen molar-refractivity contribution in [1.29, 1.82) is 0 Å². The molecule has 0 atom stereocenters. The highest BCUT2D eigenvalue weighted by molar-refractivity contribution is 5.85. The highest BCUT2D eigenvalue weighted by Gasteiger charge is 2.18. The Labute approximate surface area is 166 Å². The smallest absolute Gasteiger partial charge is 0.268 e. The number of nitrogens with one attached hydrogen (secondary N) is 1. The van der Waals surface area contributed by atoms with Gasteiger partial charge in [-0.15, -0.1) is 0 Å². The van der Waals surface area contributed by atoms with Crippen molar-refractivity contribution in [3.63, 3.8) is 0 Å². The van der Waals surface area contributed by atoms with Gasteiger partial charge in [-0.1, -0.05) is 36.6 Å². The van der Waals surface area contributed by atoms with Gasteiger partial charge < -0.3 is 5.11 Å². The molecule has 0 aliphatic rings. The number of tetrazole rings is 1. The second-order valence-corrected chi connectivity index (χ2v) is 6.25. The van der Waals surface area contributed by atoms with Crippen molar-refractivity contribution in [3.05, 3.63) is 63.2 Å². The first-order valence-electron chi connectivity index (χ1n) is 9.05. The summed E-state index contributed by atoms with van der Waals surface area (Å²) in [7, 11) is 0. The number of rotatable bonds is 7. The van der Waals surface area contributed by atoms with Crippen molar-refractivity contribution in [3.8, 4) is 11.6 Å². The fourth-order valence-corrected chi connectivity index (χ4v) is 2.79. The maximum Gasteiger partial charge on any atom is 0.268 e. The molecule has 3 aromatic rings. The van der Waals surface area contributed by atoms with E-state index in [4.69, 9.17) is 6.57 Å². The minimum atomic E-state index is -0.408. The predicted octanol–water partition coefficient (Wildman–Crippen LogP) is 2.63. The normalized spacial score (nSPS) is 10.9. The Morgan fingerprint density at radius 2 is 2.10 bits per heavy atom. The Bertz CT molecular complexity index is 1130. The van der Waals surface area contributed by atoms with Crippen LogP contribution in [-0.4, -0.2) is 36.1 Å². The van der Waals surface area contributed by atoms with Crippen LogP contribution in [0.2, 0.25) is 0 Å². The van der Waals surface area contributed by atoms with Gasteiger partial charge in [-0.3, -0.25) is 9.36 Å². The molecule has 0 fully saturated rings. The van der Waals surface area contributed by atoms with Gasteiger partial charge in [0, 0.05) is 6.54 Å². The van der Waals surface area contributed by atoms with Gasteiger partial charge in [0.1, 0.15) is 0 Å². The zero-order chi connectivity index (χ0) is 20.8. The molecule has 3 rings (SSSR count). The molecule has 0 aliphatic carbocycles. The summed E-state index contributed by atoms with van der Waals surface area (Å²) in [5.41, 5.74) is 3.67. The van der Waals surface area contributed by atoms with E-state index in [-0.39, 0.29) is 23.1 Å². The molecule has 0 bridgehead atoms. The molecular weight excluding hydrogens is 372 g/mol. The van der Waals surface area contributed by atoms with Crippen LogP contribution in [0.15, 0.2) is 40.2 Å². The molecule has 10 heteroatoms. The molecule has 0 saturated carbocycles. The summed E-state index contributed by atoms with van der Waals surface area (Å²) in [6.07, 6.45) is 2.87. The van der Waals surface area contributed by atoms with Gasteiger partial charge in [0.2, 0.25) is 5.69 Å². The second-order valence-electron chi connectivity index (χ2n) is 6.25. The van der Waals surface area contributed by atoms with Gasteiger partial charge in [-0.05, 0) is 41.5 Å². The van der Waals surface area contributed by atoms with Gasteiger partial charge in [-0.25, -0.2) is 10.3 Å². The lowest BCUT2D eigenvalue weighted by Crippen LogP contribution is -2.25. The van der Waals surface area contributed by atoms with Crippen LogP contribution >= 0.6 is 0 Å². The highest BCUT2D eigenvalue weighted by atomic mass is 16.3. The number of hydrogen-bond acceptors (Lipinski definition) is 7. The molecule has 0 saturated heterocycles. The summed E-state index contributed by atoms with van der Waals surface area (Å²) in [6.45, 7) is 11.3. The van der Waals surface area contributed by atoms with Crippen molar-refractivity contribution in [1.82, 2.24) is 24.8 Å². The van der Waals surface area contributed by atoms with Crippen LogP contribution in [0.1, 0.15) is 30.9 Å². The van der Waals surface area contributed by atoms with E-state index in [0.29, 0.717) is 18.5 Å². The number of nitrogens with zero attached hydrogens (tertiary/aromatic N) is 7. The Hall–Kier alpha value is -4.00. The predicted molar refractivity (Wildman–Crippen MR) is 109 cm³/mol. The standard InChI is InChI=1S/C19H20N8O2/c1-4-5-11-26-17(28)15(13(2)16(20-3)18(26)29)12-21-22-19-23-24-25-27(19)14-9-7-6-8-10-14/h6-10,12,29H,4-5,11H2,1-2H3,(H,22,23,25)/b21-12+. The molecule has 0 amide bonds. The quantitative estimate of drug-likeness (QED) is 0.363. The summed E-state index contributed by atoms with van der Waals surface area (Å²) in [5, 5.41) is 25.8. The van der Waals surface area contributed by atoms with Crippen LogP contribution in [0.25, 0.3) is 10.5 Å². The molecule has 0 unspecified atom stereocenters. The first-order valence-corrected chi connectivity index (χ1v) is 9.05. The van der Waals surface area contributed by atoms with E-state index in [0.717, 1.165) is 12.1 Å². The largest absolute Gasteiger partial charge is 0.503 e. The highest BCUT2D eigenvalue weighted by Crippen LogP contribution is 2.30. The van der Waals surface area contributed by atoms with Crippen LogP contribution < -0.4 is 11.0 Å². The summed E-state index contributed by atoms with van der Waals surface area (Å²) in [6, 6.07) is 9.27. The molecule has 1 aromatic carbocycles. The van der Waals surface area contributed by atoms with Crippen molar-refractivity contribution in [2.75, 3.05) is 5.43 Å². The van der Waals surface area contributed by atoms with E-state index in [9.17, 15) is 9.90 Å². The Balaban J connectivity index is 1.93. The third-order valence-corrected chi connectivity index (χ3v) is 4.38. The molecule has 10 nitrogen and oxygen atoms in total. The molecule has 0 spiro atoms. The summed E-state index contributed by atoms with van der Waals surface area (Å²) < 4.78 is 2.67. The molecule has 2 heterocycles. The molecule has 0 aliphatic heterocycles. The fourth-order valence-electron chi connectivity index (χ4n) is 2.79. The van der Waals surface area contributed by atoms with Crippen molar-refractivity contribution < 1.29 is 5.11 Å². The molecule has 2 aromatic heterocycles. The average Bonchev–Trinajstić information content (AvgIpc) is 3.20. The molecular formula is C19H20N8O2. The minimum Gasteiger partial charge on any atom is -0.503 e. The van der Waals surface area contributed by atoms with Crippen LogP contribution in [-0.2, 0) is 6.54 Å². The van der Waals surface area contributed by atoms with Gasteiger partial charge in [0.25, 0.3) is 11.5 Å². The number of para-hydroxylation sites is 1. The zero-order valence-electron chi connectivity index (χ0n) is 16.1. The van der Waals surface area contributed by atoms with Gasteiger partial charge in [-0.2, -0.15) is 9.78 Å². The summed E-state index contributed by atoms with van der Waals surface area (Å²) in [5.74, 6) is -0.0466. The molecule has 2 N–H and O–H groups in total. The van der Waals surface area contributed by atoms with Gasteiger partial charge >= 0.3 is 0 Å². The molecule has 0 radical (unpaired) electrons. The third-order valence-electron chi connectivity index (χ3n) is 4.38. The van der Waals surface area contributed by atoms with Crippen molar-refractivity contribution in [2.45, 2.75) is 33.2 Å². The lowest BCUT2D eigenvalue weighted by molar-refractivity contribution is 0.404. The van der Waals surface area contributed by atoms with E-state index < -0.39 is 5.56 Å². The SMILES string of the molecule is [C-]#[N+]c1c(C)c(/C=N/Nc2nnnn2-c2ccccc2)c(=O)n(CCCC)c1O. The van der Waals surface area contributed by atoms with Crippen LogP contribution in [0.5, 0.6) is 5.88 Å². The monoisotopic (exact) mass is 392 g/mol. The molecule has 29 heavy (non-hydrogen) atoms. The van der Waals surface area contributed by atoms with Gasteiger partial charge in [0.15, 0.2) is 5.88 Å². The first kappa shape index (κ1) is 19.8. The maximum absolute atomic E-state index is 12.8. The van der Waals surface area contributed by atoms with Crippen molar-refractivity contribution in [2.24, 2.45) is 5.10 Å². The van der Waals surface area contributed by atoms with E-state index in [2.05, 4.69) is 30.9 Å². The Kier molecular flexibility index (Phi) is 5.99. The average molecular weight is 392 g/mol. The van der Waals surface area contributed by atoms with Crippen LogP contribution in [0, 0.1) is 13.5 Å². The minimum absolute atomic E-state index is 0.0382. The lowest BCUT2D eigenvalue weighted by atomic mass is 10.1. The summed E-state index contributed by atoms with van der Waals surface area (Å²) in [4.78, 5) is 16.2. The number of anilines is 1. The topological polar surface area (TPSA) is 115 Å². The van der Waals surface area contributed by atoms with E-state index in [1.165, 1.54) is 15.5 Å². The Morgan fingerprint density at radius 3 is 2.79 bits per heavy atom. The first-order chi connectivity index (χ1) is 14.1. The molecule has 148 valence electrons. The maximum atomic E-state index is 12.8. The third kappa shape index (κ3) is 3.98. The van der Waals surface area contributed by atoms with Crippen LogP contribution in [0.4, 0.5) is 11.6 Å². The summed E-state index contributed by atoms with van der Waals surface area (Å²) >= 11 is 0. The number of benzene rings is 1. The van der Waals surface area contributed by atoms with E-state index in [1.807, 2.05) is 37.3 Å². The van der Waals surface area contributed by atoms with Gasteiger partial charge in [0.05, 0.1) is 24.0 Å². The number of pyridine rings is 1. The van der Waals surface area contributed by atoms with E-state index >= 15 is 0 Å². The number of hydrazone groups is 1. The number of aromatic nitrogens is 5.